The van der Waals surface area contributed by atoms with E-state index in [0.717, 1.165) is 44.9 Å². The molecule has 4 heteroatoms. The van der Waals surface area contributed by atoms with Crippen LogP contribution < -0.4 is 0 Å². The van der Waals surface area contributed by atoms with Crippen LogP contribution in [0, 0.1) is 40.4 Å². The minimum atomic E-state index is -0.396. The summed E-state index contributed by atoms with van der Waals surface area (Å²) in [7, 11) is 0. The summed E-state index contributed by atoms with van der Waals surface area (Å²) in [4.78, 5) is 25.6. The summed E-state index contributed by atoms with van der Waals surface area (Å²) in [5.74, 6) is 1.52. The molecule has 0 unspecified atom stereocenters. The second-order valence-corrected chi connectivity index (χ2v) is 9.86. The number of fused-ring (bicyclic) bond motifs is 5. The van der Waals surface area contributed by atoms with Gasteiger partial charge < -0.3 is 10.2 Å². The highest BCUT2D eigenvalue weighted by molar-refractivity contribution is 5.88. The van der Waals surface area contributed by atoms with Gasteiger partial charge in [-0.25, -0.2) is 0 Å². The van der Waals surface area contributed by atoms with Gasteiger partial charge in [-0.3, -0.25) is 9.59 Å². The van der Waals surface area contributed by atoms with Crippen molar-refractivity contribution in [3.8, 4) is 0 Å². The molecular weight excluding hydrogens is 316 g/mol. The van der Waals surface area contributed by atoms with Crippen molar-refractivity contribution in [2.45, 2.75) is 71.3 Å². The zero-order chi connectivity index (χ0) is 18.0. The fraction of sp³-hybridized carbons (Fsp3) is 0.905. The van der Waals surface area contributed by atoms with Crippen molar-refractivity contribution in [3.05, 3.63) is 0 Å². The lowest BCUT2D eigenvalue weighted by atomic mass is 9.44. The molecule has 140 valence electrons. The van der Waals surface area contributed by atoms with Crippen molar-refractivity contribution in [1.82, 2.24) is 0 Å². The highest BCUT2D eigenvalue weighted by atomic mass is 16.3. The third-order valence-corrected chi connectivity index (χ3v) is 8.87. The van der Waals surface area contributed by atoms with E-state index < -0.39 is 6.61 Å². The number of hydrogen-bond acceptors (Lipinski definition) is 4. The molecule has 4 nitrogen and oxygen atoms in total. The van der Waals surface area contributed by atoms with Gasteiger partial charge in [-0.05, 0) is 73.5 Å². The molecule has 0 spiro atoms. The lowest BCUT2D eigenvalue weighted by molar-refractivity contribution is -0.162. The Morgan fingerprint density at radius 1 is 1.12 bits per heavy atom. The van der Waals surface area contributed by atoms with Crippen molar-refractivity contribution >= 4 is 11.6 Å². The zero-order valence-electron chi connectivity index (χ0n) is 15.5. The largest absolute Gasteiger partial charge is 0.393 e. The summed E-state index contributed by atoms with van der Waals surface area (Å²) < 4.78 is 0. The van der Waals surface area contributed by atoms with Crippen LogP contribution in [0.25, 0.3) is 0 Å². The van der Waals surface area contributed by atoms with Crippen molar-refractivity contribution in [1.29, 1.82) is 0 Å². The first-order chi connectivity index (χ1) is 11.8. The highest BCUT2D eigenvalue weighted by Gasteiger charge is 2.63. The van der Waals surface area contributed by atoms with Crippen molar-refractivity contribution in [2.24, 2.45) is 40.4 Å². The molecule has 0 saturated heterocycles. The first-order valence-corrected chi connectivity index (χ1v) is 10.2. The minimum Gasteiger partial charge on any atom is -0.393 e. The Labute approximate surface area is 150 Å². The second-order valence-electron chi connectivity index (χ2n) is 9.86. The maximum Gasteiger partial charge on any atom is 0.161 e. The average Bonchev–Trinajstić information content (AvgIpc) is 2.91. The Kier molecular flexibility index (Phi) is 4.16. The quantitative estimate of drug-likeness (QED) is 0.805. The van der Waals surface area contributed by atoms with E-state index in [0.29, 0.717) is 30.0 Å². The number of hydrogen-bond donors (Lipinski definition) is 2. The van der Waals surface area contributed by atoms with Crippen LogP contribution in [-0.2, 0) is 9.59 Å². The number of carbonyl (C=O) groups is 2. The highest BCUT2D eigenvalue weighted by Crippen LogP contribution is 2.66. The van der Waals surface area contributed by atoms with Gasteiger partial charge >= 0.3 is 0 Å². The Bertz CT molecular complexity index is 586. The number of aliphatic hydroxyl groups excluding tert-OH is 2. The topological polar surface area (TPSA) is 74.6 Å². The van der Waals surface area contributed by atoms with E-state index in [1.54, 1.807) is 0 Å². The molecule has 0 amide bonds. The molecule has 8 atom stereocenters. The monoisotopic (exact) mass is 348 g/mol. The van der Waals surface area contributed by atoms with Crippen LogP contribution in [0.1, 0.15) is 65.2 Å². The van der Waals surface area contributed by atoms with Crippen LogP contribution in [0.5, 0.6) is 0 Å². The maximum absolute atomic E-state index is 13.3. The van der Waals surface area contributed by atoms with Gasteiger partial charge in [-0.2, -0.15) is 0 Å². The third kappa shape index (κ3) is 2.39. The van der Waals surface area contributed by atoms with Crippen LogP contribution in [0.2, 0.25) is 0 Å². The summed E-state index contributed by atoms with van der Waals surface area (Å²) in [6.45, 7) is 4.04. The molecule has 0 aliphatic heterocycles. The normalized spacial score (nSPS) is 52.2. The van der Waals surface area contributed by atoms with E-state index in [4.69, 9.17) is 0 Å². The van der Waals surface area contributed by atoms with E-state index in [2.05, 4.69) is 13.8 Å². The van der Waals surface area contributed by atoms with E-state index in [1.165, 1.54) is 0 Å². The summed E-state index contributed by atoms with van der Waals surface area (Å²) in [6, 6.07) is 0. The zero-order valence-corrected chi connectivity index (χ0v) is 15.5. The predicted molar refractivity (Wildman–Crippen MR) is 93.7 cm³/mol. The SMILES string of the molecule is C[C@]12CC[C@H](O)C[C@H]1CC[C@H]1[C@@H]3CC[C@H](C(=O)CO)[C@@]3(C)CC(=O)[C@@H]12. The van der Waals surface area contributed by atoms with Crippen LogP contribution in [0.3, 0.4) is 0 Å². The lowest BCUT2D eigenvalue weighted by Gasteiger charge is -2.59. The molecule has 0 heterocycles. The fourth-order valence-electron chi connectivity index (χ4n) is 7.69. The van der Waals surface area contributed by atoms with Gasteiger partial charge in [0, 0.05) is 18.3 Å². The lowest BCUT2D eigenvalue weighted by Crippen LogP contribution is -2.58. The number of carbonyl (C=O) groups excluding carboxylic acids is 2. The molecule has 0 aromatic heterocycles. The van der Waals surface area contributed by atoms with E-state index in [1.807, 2.05) is 0 Å². The van der Waals surface area contributed by atoms with Crippen molar-refractivity contribution in [2.75, 3.05) is 6.61 Å². The number of rotatable bonds is 2. The smallest absolute Gasteiger partial charge is 0.161 e. The Hall–Kier alpha value is -0.740. The van der Waals surface area contributed by atoms with E-state index >= 15 is 0 Å². The Morgan fingerprint density at radius 2 is 1.88 bits per heavy atom. The molecule has 0 radical (unpaired) electrons. The van der Waals surface area contributed by atoms with Crippen LogP contribution in [0.15, 0.2) is 0 Å². The van der Waals surface area contributed by atoms with Gasteiger partial charge in [-0.15, -0.1) is 0 Å². The average molecular weight is 348 g/mol. The summed E-state index contributed by atoms with van der Waals surface area (Å²) in [6.07, 6.45) is 6.93. The van der Waals surface area contributed by atoms with Crippen molar-refractivity contribution < 1.29 is 19.8 Å². The van der Waals surface area contributed by atoms with E-state index in [9.17, 15) is 19.8 Å². The molecule has 4 rings (SSSR count). The third-order valence-electron chi connectivity index (χ3n) is 8.87. The van der Waals surface area contributed by atoms with Gasteiger partial charge in [0.05, 0.1) is 6.10 Å². The summed E-state index contributed by atoms with van der Waals surface area (Å²) in [5, 5.41) is 19.5. The standard InChI is InChI=1S/C21H32O4/c1-20-8-7-13(23)9-12(20)3-4-14-15-5-6-16(18(25)11-22)21(15,2)10-17(24)19(14)20/h12-16,19,22-23H,3-11H2,1-2H3/t12-,13+,14+,15+,16-,19-,20+,21+/m1/s1. The molecular formula is C21H32O4. The van der Waals surface area contributed by atoms with Gasteiger partial charge in [0.2, 0.25) is 0 Å². The van der Waals surface area contributed by atoms with Crippen LogP contribution in [0.4, 0.5) is 0 Å². The van der Waals surface area contributed by atoms with Gasteiger partial charge in [0.15, 0.2) is 5.78 Å². The Balaban J connectivity index is 1.66. The van der Waals surface area contributed by atoms with Gasteiger partial charge in [-0.1, -0.05) is 13.8 Å². The maximum atomic E-state index is 13.3. The molecule has 4 fully saturated rings. The molecule has 4 saturated carbocycles. The van der Waals surface area contributed by atoms with E-state index in [-0.39, 0.29) is 34.6 Å². The predicted octanol–water partition coefficient (Wildman–Crippen LogP) is 2.75. The minimum absolute atomic E-state index is 0.0274. The number of ketones is 2. The molecule has 4 aliphatic carbocycles. The molecule has 2 N–H and O–H groups in total. The molecule has 0 bridgehead atoms. The summed E-state index contributed by atoms with van der Waals surface area (Å²) in [5.41, 5.74) is -0.227. The molecule has 0 aromatic rings. The molecule has 0 aromatic carbocycles. The first kappa shape index (κ1) is 17.7. The number of Topliss-reactive ketones (excluding diaryl/α,β-unsaturated/α-hetero) is 2. The summed E-state index contributed by atoms with van der Waals surface area (Å²) >= 11 is 0. The fourth-order valence-corrected chi connectivity index (χ4v) is 7.69. The molecule has 25 heavy (non-hydrogen) atoms. The van der Waals surface area contributed by atoms with Crippen LogP contribution >= 0.6 is 0 Å². The second kappa shape index (κ2) is 5.88. The molecule has 4 aliphatic rings. The Morgan fingerprint density at radius 3 is 2.60 bits per heavy atom. The van der Waals surface area contributed by atoms with Gasteiger partial charge in [0.25, 0.3) is 0 Å². The number of aliphatic hydroxyl groups is 2. The van der Waals surface area contributed by atoms with Gasteiger partial charge in [0.1, 0.15) is 12.4 Å². The van der Waals surface area contributed by atoms with Crippen molar-refractivity contribution in [3.63, 3.8) is 0 Å². The van der Waals surface area contributed by atoms with Crippen LogP contribution in [-0.4, -0.2) is 34.5 Å². The first-order valence-electron chi connectivity index (χ1n) is 10.2.